The standard InChI is InChI=1S/C2H6N4S.H3N/c3-1(4)6-2(5)7;/h(H6,3,4,5,6,7);1H3. The summed E-state index contributed by atoms with van der Waals surface area (Å²) >= 11 is 4.32. The van der Waals surface area contributed by atoms with Crippen molar-refractivity contribution in [2.24, 2.45) is 11.5 Å². The molecule has 0 rings (SSSR count). The Morgan fingerprint density at radius 3 is 1.88 bits per heavy atom. The maximum Gasteiger partial charge on any atom is 0.192 e. The van der Waals surface area contributed by atoms with Gasteiger partial charge in [0.2, 0.25) is 0 Å². The van der Waals surface area contributed by atoms with E-state index >= 15 is 0 Å². The molecule has 0 atom stereocenters. The van der Waals surface area contributed by atoms with Crippen molar-refractivity contribution in [2.45, 2.75) is 0 Å². The van der Waals surface area contributed by atoms with Crippen LogP contribution in [0.2, 0.25) is 0 Å². The molecule has 0 bridgehead atoms. The molecule has 0 aliphatic rings. The molecule has 6 heteroatoms. The predicted octanol–water partition coefficient (Wildman–Crippen LogP) is -1.12. The highest BCUT2D eigenvalue weighted by atomic mass is 32.1. The van der Waals surface area contributed by atoms with Gasteiger partial charge in [-0.25, -0.2) is 0 Å². The molecule has 9 N–H and O–H groups in total. The number of thiocarbonyl (C=S) groups is 1. The van der Waals surface area contributed by atoms with Crippen molar-refractivity contribution in [3.05, 3.63) is 0 Å². The van der Waals surface area contributed by atoms with E-state index in [0.29, 0.717) is 0 Å². The molecule has 0 saturated carbocycles. The van der Waals surface area contributed by atoms with Crippen molar-refractivity contribution < 1.29 is 0 Å². The Bertz CT molecular complexity index is 86.6. The third kappa shape index (κ3) is 8.93. The van der Waals surface area contributed by atoms with Gasteiger partial charge in [-0.1, -0.05) is 0 Å². The summed E-state index contributed by atoms with van der Waals surface area (Å²) < 4.78 is 0. The quantitative estimate of drug-likeness (QED) is 0.163. The van der Waals surface area contributed by atoms with Gasteiger partial charge in [-0.15, -0.1) is 0 Å². The lowest BCUT2D eigenvalue weighted by atomic mass is 10.9. The molecule has 48 valence electrons. The topological polar surface area (TPSA) is 123 Å². The molecule has 0 amide bonds. The molecule has 0 spiro atoms. The average molecular weight is 135 g/mol. The monoisotopic (exact) mass is 135 g/mol. The smallest absolute Gasteiger partial charge is 0.192 e. The van der Waals surface area contributed by atoms with Crippen molar-refractivity contribution in [3.8, 4) is 0 Å². The van der Waals surface area contributed by atoms with Gasteiger partial charge in [-0.2, -0.15) is 0 Å². The highest BCUT2D eigenvalue weighted by Crippen LogP contribution is 1.51. The minimum atomic E-state index is -0.229. The van der Waals surface area contributed by atoms with Crippen LogP contribution in [0.5, 0.6) is 0 Å². The summed E-state index contributed by atoms with van der Waals surface area (Å²) in [6.45, 7) is 0. The number of rotatable bonds is 0. The van der Waals surface area contributed by atoms with Crippen molar-refractivity contribution in [1.82, 2.24) is 11.5 Å². The zero-order chi connectivity index (χ0) is 5.86. The fourth-order valence-corrected chi connectivity index (χ4v) is 0.243. The van der Waals surface area contributed by atoms with Gasteiger partial charge in [0, 0.05) is 0 Å². The SMILES string of the molecule is N.N=C(N)NC(N)=S. The molecule has 0 aliphatic carbocycles. The van der Waals surface area contributed by atoms with Gasteiger partial charge in [0.15, 0.2) is 11.1 Å². The highest BCUT2D eigenvalue weighted by molar-refractivity contribution is 7.80. The van der Waals surface area contributed by atoms with E-state index < -0.39 is 0 Å². The second-order valence-corrected chi connectivity index (χ2v) is 1.34. The summed E-state index contributed by atoms with van der Waals surface area (Å²) in [6, 6.07) is 0. The molecule has 8 heavy (non-hydrogen) atoms. The van der Waals surface area contributed by atoms with Crippen LogP contribution in [0.15, 0.2) is 0 Å². The minimum Gasteiger partial charge on any atom is -0.376 e. The van der Waals surface area contributed by atoms with Crippen LogP contribution in [0, 0.1) is 5.41 Å². The van der Waals surface area contributed by atoms with E-state index in [1.165, 1.54) is 0 Å². The number of hydrogen-bond donors (Lipinski definition) is 5. The summed E-state index contributed by atoms with van der Waals surface area (Å²) in [6.07, 6.45) is 0. The van der Waals surface area contributed by atoms with Gasteiger partial charge >= 0.3 is 0 Å². The highest BCUT2D eigenvalue weighted by Gasteiger charge is 1.83. The molecule has 5 nitrogen and oxygen atoms in total. The molecule has 0 aromatic rings. The van der Waals surface area contributed by atoms with E-state index in [1.807, 2.05) is 0 Å². The van der Waals surface area contributed by atoms with Crippen molar-refractivity contribution in [2.75, 3.05) is 0 Å². The maximum atomic E-state index is 6.52. The summed E-state index contributed by atoms with van der Waals surface area (Å²) in [5, 5.41) is 8.72. The number of hydrogen-bond acceptors (Lipinski definition) is 3. The van der Waals surface area contributed by atoms with Crippen molar-refractivity contribution in [1.29, 1.82) is 5.41 Å². The largest absolute Gasteiger partial charge is 0.376 e. The second-order valence-electron chi connectivity index (χ2n) is 0.903. The van der Waals surface area contributed by atoms with Crippen LogP contribution >= 0.6 is 12.2 Å². The second kappa shape index (κ2) is 4.28. The molecular weight excluding hydrogens is 126 g/mol. The van der Waals surface area contributed by atoms with Crippen LogP contribution in [-0.4, -0.2) is 11.1 Å². The van der Waals surface area contributed by atoms with Crippen LogP contribution in [-0.2, 0) is 0 Å². The van der Waals surface area contributed by atoms with Crippen molar-refractivity contribution in [3.63, 3.8) is 0 Å². The maximum absolute atomic E-state index is 6.52. The van der Waals surface area contributed by atoms with Gasteiger partial charge in [0.05, 0.1) is 0 Å². The molecule has 0 fully saturated rings. The van der Waals surface area contributed by atoms with Gasteiger partial charge in [-0.05, 0) is 12.2 Å². The molecule has 0 radical (unpaired) electrons. The molecule has 0 unspecified atom stereocenters. The third-order valence-electron chi connectivity index (χ3n) is 0.258. The van der Waals surface area contributed by atoms with Gasteiger partial charge in [0.1, 0.15) is 0 Å². The zero-order valence-electron chi connectivity index (χ0n) is 4.27. The van der Waals surface area contributed by atoms with E-state index in [0.717, 1.165) is 0 Å². The Morgan fingerprint density at radius 2 is 1.88 bits per heavy atom. The Morgan fingerprint density at radius 1 is 1.50 bits per heavy atom. The Labute approximate surface area is 52.5 Å². The summed E-state index contributed by atoms with van der Waals surface area (Å²) in [5.74, 6) is -0.229. The number of nitrogens with two attached hydrogens (primary N) is 2. The first-order valence-electron chi connectivity index (χ1n) is 1.53. The lowest BCUT2D eigenvalue weighted by molar-refractivity contribution is 1.25. The molecule has 0 aromatic heterocycles. The van der Waals surface area contributed by atoms with E-state index in [9.17, 15) is 0 Å². The van der Waals surface area contributed by atoms with E-state index in [2.05, 4.69) is 17.5 Å². The molecule has 0 saturated heterocycles. The molecular formula is C2H9N5S. The molecule has 0 aliphatic heterocycles. The van der Waals surface area contributed by atoms with Crippen molar-refractivity contribution >= 4 is 23.3 Å². The Balaban J connectivity index is 0. The van der Waals surface area contributed by atoms with E-state index in [-0.39, 0.29) is 17.2 Å². The van der Waals surface area contributed by atoms with Crippen LogP contribution in [0.3, 0.4) is 0 Å². The third-order valence-corrected chi connectivity index (χ3v) is 0.360. The number of nitrogens with one attached hydrogen (secondary N) is 2. The first kappa shape index (κ1) is 10.2. The summed E-state index contributed by atoms with van der Waals surface area (Å²) in [5.41, 5.74) is 9.69. The summed E-state index contributed by atoms with van der Waals surface area (Å²) in [4.78, 5) is 0. The first-order valence-corrected chi connectivity index (χ1v) is 1.94. The van der Waals surface area contributed by atoms with Crippen LogP contribution in [0.4, 0.5) is 0 Å². The predicted molar refractivity (Wildman–Crippen MR) is 36.9 cm³/mol. The fourth-order valence-electron chi connectivity index (χ4n) is 0.133. The average Bonchev–Trinajstić information content (AvgIpc) is 1.27. The normalized spacial score (nSPS) is 6.50. The Hall–Kier alpha value is -0.880. The summed E-state index contributed by atoms with van der Waals surface area (Å²) in [7, 11) is 0. The number of guanidine groups is 1. The minimum absolute atomic E-state index is 0. The van der Waals surface area contributed by atoms with E-state index in [4.69, 9.17) is 16.9 Å². The first-order chi connectivity index (χ1) is 3.13. The molecule has 0 heterocycles. The van der Waals surface area contributed by atoms with Crippen LogP contribution in [0.1, 0.15) is 0 Å². The zero-order valence-corrected chi connectivity index (χ0v) is 5.09. The molecule has 0 aromatic carbocycles. The fraction of sp³-hybridized carbons (Fsp3) is 0. The van der Waals surface area contributed by atoms with Gasteiger partial charge in [-0.3, -0.25) is 5.41 Å². The van der Waals surface area contributed by atoms with Crippen LogP contribution < -0.4 is 22.9 Å². The van der Waals surface area contributed by atoms with Gasteiger partial charge < -0.3 is 22.9 Å². The van der Waals surface area contributed by atoms with Crippen LogP contribution in [0.25, 0.3) is 0 Å². The lowest BCUT2D eigenvalue weighted by Crippen LogP contribution is -2.39. The Kier molecular flexibility index (Phi) is 5.45. The van der Waals surface area contributed by atoms with E-state index in [1.54, 1.807) is 0 Å². The lowest BCUT2D eigenvalue weighted by Gasteiger charge is -1.95. The van der Waals surface area contributed by atoms with Gasteiger partial charge in [0.25, 0.3) is 0 Å².